The van der Waals surface area contributed by atoms with E-state index in [-0.39, 0.29) is 65.9 Å². The summed E-state index contributed by atoms with van der Waals surface area (Å²) in [6.45, 7) is 5.00. The van der Waals surface area contributed by atoms with Crippen LogP contribution in [-0.2, 0) is 22.1 Å². The highest BCUT2D eigenvalue weighted by molar-refractivity contribution is 6.31. The number of rotatable bonds is 8. The second kappa shape index (κ2) is 15.2. The molecule has 53 heavy (non-hydrogen) atoms. The van der Waals surface area contributed by atoms with E-state index in [0.717, 1.165) is 18.3 Å². The lowest BCUT2D eigenvalue weighted by Crippen LogP contribution is -2.49. The van der Waals surface area contributed by atoms with Crippen molar-refractivity contribution < 1.29 is 45.7 Å². The predicted molar refractivity (Wildman–Crippen MR) is 185 cm³/mol. The third-order valence-corrected chi connectivity index (χ3v) is 9.64. The summed E-state index contributed by atoms with van der Waals surface area (Å²) in [5.74, 6) is -2.69. The van der Waals surface area contributed by atoms with Gasteiger partial charge in [0.2, 0.25) is 5.91 Å². The number of aromatic nitrogens is 1. The fourth-order valence-electron chi connectivity index (χ4n) is 6.90. The number of carbonyl (C=O) groups is 1. The molecule has 1 unspecified atom stereocenters. The summed E-state index contributed by atoms with van der Waals surface area (Å²) >= 11 is 6.42. The number of likely N-dealkylation sites (tertiary alicyclic amines) is 1. The lowest BCUT2D eigenvalue weighted by Gasteiger charge is -2.34. The number of nitrogens with zero attached hydrogens (tertiary/aromatic N) is 2. The molecular weight excluding hydrogens is 728 g/mol. The maximum atomic E-state index is 16.2. The third kappa shape index (κ3) is 8.10. The number of benzene rings is 3. The van der Waals surface area contributed by atoms with E-state index in [0.29, 0.717) is 27.3 Å². The van der Waals surface area contributed by atoms with E-state index in [1.807, 2.05) is 0 Å². The molecule has 3 heterocycles. The molecule has 4 bridgehead atoms. The van der Waals surface area contributed by atoms with Crippen molar-refractivity contribution in [3.63, 3.8) is 0 Å². The normalized spacial score (nSPS) is 18.5. The van der Waals surface area contributed by atoms with E-state index < -0.39 is 71.4 Å². The zero-order chi connectivity index (χ0) is 38.4. The van der Waals surface area contributed by atoms with Crippen molar-refractivity contribution in [3.8, 4) is 22.6 Å². The molecule has 3 aromatic carbocycles. The highest BCUT2D eigenvalue weighted by Gasteiger charge is 2.38. The second-order valence-electron chi connectivity index (χ2n) is 13.2. The molecule has 2 aliphatic heterocycles. The first-order valence-corrected chi connectivity index (χ1v) is 17.3. The first-order valence-electron chi connectivity index (χ1n) is 16.9. The molecule has 1 saturated heterocycles. The Hall–Kier alpha value is -4.37. The van der Waals surface area contributed by atoms with E-state index in [2.05, 4.69) is 5.32 Å². The molecule has 1 fully saturated rings. The molecule has 1 aromatic heterocycles. The van der Waals surface area contributed by atoms with Gasteiger partial charge < -0.3 is 19.9 Å². The van der Waals surface area contributed by atoms with Crippen LogP contribution >= 0.6 is 11.6 Å². The van der Waals surface area contributed by atoms with Crippen LogP contribution in [0.25, 0.3) is 11.1 Å². The molecule has 4 aromatic rings. The molecule has 6 rings (SSSR count). The molecule has 2 aliphatic rings. The van der Waals surface area contributed by atoms with Gasteiger partial charge in [0.1, 0.15) is 35.3 Å². The summed E-state index contributed by atoms with van der Waals surface area (Å²) in [5.41, 5.74) is -1.76. The number of hydrogen-bond donors (Lipinski definition) is 2. The Balaban J connectivity index is 1.59. The summed E-state index contributed by atoms with van der Waals surface area (Å²) in [7, 11) is 0. The van der Waals surface area contributed by atoms with Crippen molar-refractivity contribution in [2.45, 2.75) is 64.3 Å². The summed E-state index contributed by atoms with van der Waals surface area (Å²) in [4.78, 5) is 29.7. The predicted octanol–water partition coefficient (Wildman–Crippen LogP) is 7.58. The van der Waals surface area contributed by atoms with Crippen LogP contribution < -0.4 is 15.6 Å². The third-order valence-electron chi connectivity index (χ3n) is 9.42. The highest BCUT2D eigenvalue weighted by Crippen LogP contribution is 2.42. The number of halogens is 7. The maximum absolute atomic E-state index is 16.2. The number of aliphatic hydroxyl groups excluding tert-OH is 1. The van der Waals surface area contributed by atoms with Crippen molar-refractivity contribution in [1.82, 2.24) is 14.8 Å². The maximum Gasteiger partial charge on any atom is 0.416 e. The van der Waals surface area contributed by atoms with Crippen molar-refractivity contribution in [1.29, 1.82) is 0 Å². The smallest absolute Gasteiger partial charge is 0.416 e. The van der Waals surface area contributed by atoms with Gasteiger partial charge in [-0.1, -0.05) is 11.6 Å². The minimum atomic E-state index is -4.97. The summed E-state index contributed by atoms with van der Waals surface area (Å²) in [5, 5.41) is 13.7. The van der Waals surface area contributed by atoms with Crippen LogP contribution in [0.5, 0.6) is 11.5 Å². The first kappa shape index (κ1) is 38.4. The monoisotopic (exact) mass is 763 g/mol. The zero-order valence-corrected chi connectivity index (χ0v) is 29.6. The number of pyridine rings is 1. The van der Waals surface area contributed by atoms with Gasteiger partial charge in [0.25, 0.3) is 5.56 Å². The molecule has 0 radical (unpaired) electrons. The van der Waals surface area contributed by atoms with Crippen molar-refractivity contribution in [2.75, 3.05) is 26.2 Å². The molecule has 0 saturated carbocycles. The van der Waals surface area contributed by atoms with Crippen LogP contribution in [0.4, 0.5) is 26.3 Å². The molecule has 8 nitrogen and oxygen atoms in total. The molecule has 0 aliphatic carbocycles. The van der Waals surface area contributed by atoms with Gasteiger partial charge >= 0.3 is 6.18 Å². The number of ether oxygens (including phenoxy) is 2. The average Bonchev–Trinajstić information content (AvgIpc) is 3.05. The molecule has 282 valence electrons. The van der Waals surface area contributed by atoms with Gasteiger partial charge in [0, 0.05) is 72.7 Å². The zero-order valence-electron chi connectivity index (χ0n) is 28.9. The Morgan fingerprint density at radius 2 is 1.77 bits per heavy atom. The van der Waals surface area contributed by atoms with Gasteiger partial charge in [-0.05, 0) is 85.8 Å². The summed E-state index contributed by atoms with van der Waals surface area (Å²) < 4.78 is 101. The molecule has 2 N–H and O–H groups in total. The second-order valence-corrected chi connectivity index (χ2v) is 13.7. The highest BCUT2D eigenvalue weighted by atomic mass is 35.5. The SMILES string of the molecule is CCOC(O)C[C@@H]1NC(=O)[C@@H](n2cc(CCN3CC(F)C3)c(C(F)(F)F)cc2=O)c2cc(ccc2F)Oc2cc(Cl)cc(C)c2-c2cc(C)c(F)c1c2. The fourth-order valence-corrected chi connectivity index (χ4v) is 7.16. The number of fused-ring (bicyclic) bond motifs is 6. The van der Waals surface area contributed by atoms with Crippen molar-refractivity contribution >= 4 is 17.5 Å². The van der Waals surface area contributed by atoms with Crippen LogP contribution in [0.3, 0.4) is 0 Å². The van der Waals surface area contributed by atoms with Crippen LogP contribution in [-0.4, -0.2) is 59.2 Å². The Morgan fingerprint density at radius 1 is 1.04 bits per heavy atom. The van der Waals surface area contributed by atoms with Crippen LogP contribution in [0.15, 0.2) is 59.5 Å². The van der Waals surface area contributed by atoms with E-state index in [9.17, 15) is 32.3 Å². The molecule has 15 heteroatoms. The van der Waals surface area contributed by atoms with Crippen molar-refractivity contribution in [3.05, 3.63) is 115 Å². The van der Waals surface area contributed by atoms with Crippen molar-refractivity contribution in [2.24, 2.45) is 0 Å². The molecule has 3 atom stereocenters. The van der Waals surface area contributed by atoms with Crippen LogP contribution in [0, 0.1) is 25.5 Å². The quantitative estimate of drug-likeness (QED) is 0.142. The standard InChI is InChI=1S/C38H36ClF6N3O5/c1-4-52-33(50)15-30-27-11-22(9-20(3)35(27)42)34-19(2)10-23(39)12-31(34)53-25-5-6-29(41)26(13-25)36(37(51)46-30)48-16-21(7-8-47-17-24(40)18-47)28(14-32(48)49)38(43,44)45/h5-6,9-14,16,24,30,33,36,50H,4,7-8,15,17-18H2,1-3H3,(H,46,51)/t30-,33?,36-/m0/s1. The average molecular weight is 764 g/mol. The van der Waals surface area contributed by atoms with E-state index in [1.54, 1.807) is 30.9 Å². The summed E-state index contributed by atoms with van der Waals surface area (Å²) in [6.07, 6.45) is -7.44. The molecular formula is C38H36ClF6N3O5. The van der Waals surface area contributed by atoms with E-state index >= 15 is 8.78 Å². The molecule has 1 amide bonds. The number of aliphatic hydroxyl groups is 1. The number of amides is 1. The Labute approximate surface area is 305 Å². The lowest BCUT2D eigenvalue weighted by molar-refractivity contribution is -0.138. The minimum absolute atomic E-state index is 0.0116. The van der Waals surface area contributed by atoms with Gasteiger partial charge in [-0.2, -0.15) is 13.2 Å². The largest absolute Gasteiger partial charge is 0.457 e. The number of hydrogen-bond acceptors (Lipinski definition) is 6. The number of nitrogens with one attached hydrogen (secondary N) is 1. The van der Waals surface area contributed by atoms with Crippen LogP contribution in [0.2, 0.25) is 5.02 Å². The van der Waals surface area contributed by atoms with Gasteiger partial charge in [-0.25, -0.2) is 13.2 Å². The van der Waals surface area contributed by atoms with E-state index in [1.165, 1.54) is 25.1 Å². The minimum Gasteiger partial charge on any atom is -0.457 e. The Kier molecular flexibility index (Phi) is 11.0. The van der Waals surface area contributed by atoms with Gasteiger partial charge in [0.05, 0.1) is 11.6 Å². The summed E-state index contributed by atoms with van der Waals surface area (Å²) in [6, 6.07) is 6.58. The van der Waals surface area contributed by atoms with Gasteiger partial charge in [-0.15, -0.1) is 0 Å². The lowest BCUT2D eigenvalue weighted by atomic mass is 9.92. The topological polar surface area (TPSA) is 93.0 Å². The van der Waals surface area contributed by atoms with Crippen LogP contribution in [0.1, 0.15) is 58.8 Å². The number of aryl methyl sites for hydroxylation is 2. The van der Waals surface area contributed by atoms with E-state index in [4.69, 9.17) is 21.1 Å². The number of alkyl halides is 4. The molecule has 0 spiro atoms. The fraction of sp³-hybridized carbons (Fsp3) is 0.368. The Bertz CT molecular complexity index is 2100. The Morgan fingerprint density at radius 3 is 2.45 bits per heavy atom. The van der Waals surface area contributed by atoms with Gasteiger partial charge in [0.15, 0.2) is 6.29 Å². The first-order chi connectivity index (χ1) is 25.0. The number of carbonyl (C=O) groups excluding carboxylic acids is 1. The van der Waals surface area contributed by atoms with Gasteiger partial charge in [-0.3, -0.25) is 19.1 Å².